The first-order valence-electron chi connectivity index (χ1n) is 7.62. The minimum absolute atomic E-state index is 0.0208. The maximum atomic E-state index is 12.2. The van der Waals surface area contributed by atoms with Crippen LogP contribution in [0.25, 0.3) is 0 Å². The SMILES string of the molecule is CNC1(CC(=O)NCc2ccc(C#N)cc2)CCCCC1. The third-order valence-corrected chi connectivity index (χ3v) is 4.41. The summed E-state index contributed by atoms with van der Waals surface area (Å²) in [5.41, 5.74) is 1.64. The van der Waals surface area contributed by atoms with E-state index in [1.54, 1.807) is 12.1 Å². The van der Waals surface area contributed by atoms with Gasteiger partial charge in [0.2, 0.25) is 5.91 Å². The minimum Gasteiger partial charge on any atom is -0.352 e. The van der Waals surface area contributed by atoms with Gasteiger partial charge in [-0.15, -0.1) is 0 Å². The summed E-state index contributed by atoms with van der Waals surface area (Å²) in [6, 6.07) is 9.41. The Morgan fingerprint density at radius 2 is 1.90 bits per heavy atom. The first-order chi connectivity index (χ1) is 10.2. The van der Waals surface area contributed by atoms with E-state index in [-0.39, 0.29) is 11.4 Å². The number of amides is 1. The standard InChI is InChI=1S/C17H23N3O/c1-19-17(9-3-2-4-10-17)11-16(21)20-13-15-7-5-14(12-18)6-8-15/h5-8,19H,2-4,9-11,13H2,1H3,(H,20,21). The third kappa shape index (κ3) is 4.30. The lowest BCUT2D eigenvalue weighted by Crippen LogP contribution is -2.48. The van der Waals surface area contributed by atoms with Crippen LogP contribution in [-0.2, 0) is 11.3 Å². The number of nitrogens with zero attached hydrogens (tertiary/aromatic N) is 1. The van der Waals surface area contributed by atoms with E-state index in [9.17, 15) is 4.79 Å². The number of rotatable bonds is 5. The molecule has 1 fully saturated rings. The van der Waals surface area contributed by atoms with E-state index in [0.717, 1.165) is 18.4 Å². The van der Waals surface area contributed by atoms with Gasteiger partial charge in [-0.3, -0.25) is 4.79 Å². The van der Waals surface area contributed by atoms with Gasteiger partial charge in [0.25, 0.3) is 0 Å². The lowest BCUT2D eigenvalue weighted by atomic mass is 9.79. The van der Waals surface area contributed by atoms with Crippen molar-refractivity contribution in [2.24, 2.45) is 0 Å². The molecule has 1 amide bonds. The van der Waals surface area contributed by atoms with E-state index < -0.39 is 0 Å². The molecule has 2 rings (SSSR count). The first-order valence-corrected chi connectivity index (χ1v) is 7.62. The average molecular weight is 285 g/mol. The summed E-state index contributed by atoms with van der Waals surface area (Å²) in [7, 11) is 1.96. The molecule has 2 N–H and O–H groups in total. The Bertz CT molecular complexity index is 510. The van der Waals surface area contributed by atoms with Gasteiger partial charge in [-0.25, -0.2) is 0 Å². The second-order valence-electron chi connectivity index (χ2n) is 5.85. The highest BCUT2D eigenvalue weighted by atomic mass is 16.1. The molecule has 0 bridgehead atoms. The summed E-state index contributed by atoms with van der Waals surface area (Å²) >= 11 is 0. The van der Waals surface area contributed by atoms with Gasteiger partial charge in [0.1, 0.15) is 0 Å². The number of benzene rings is 1. The molecule has 0 unspecified atom stereocenters. The molecule has 4 heteroatoms. The largest absolute Gasteiger partial charge is 0.352 e. The van der Waals surface area contributed by atoms with Crippen LogP contribution in [0.4, 0.5) is 0 Å². The Labute approximate surface area is 126 Å². The highest BCUT2D eigenvalue weighted by Gasteiger charge is 2.32. The van der Waals surface area contributed by atoms with Gasteiger partial charge in [0.15, 0.2) is 0 Å². The molecule has 112 valence electrons. The zero-order valence-corrected chi connectivity index (χ0v) is 12.6. The van der Waals surface area contributed by atoms with E-state index in [1.165, 1.54) is 19.3 Å². The first kappa shape index (κ1) is 15.5. The maximum absolute atomic E-state index is 12.2. The Morgan fingerprint density at radius 3 is 2.48 bits per heavy atom. The lowest BCUT2D eigenvalue weighted by Gasteiger charge is -2.36. The summed E-state index contributed by atoms with van der Waals surface area (Å²) in [5.74, 6) is 0.0932. The van der Waals surface area contributed by atoms with E-state index in [1.807, 2.05) is 19.2 Å². The maximum Gasteiger partial charge on any atom is 0.222 e. The highest BCUT2D eigenvalue weighted by molar-refractivity contribution is 5.77. The van der Waals surface area contributed by atoms with E-state index >= 15 is 0 Å². The molecular formula is C17H23N3O. The van der Waals surface area contributed by atoms with E-state index in [2.05, 4.69) is 16.7 Å². The van der Waals surface area contributed by atoms with Crippen LogP contribution in [0.2, 0.25) is 0 Å². The fourth-order valence-electron chi connectivity index (χ4n) is 3.01. The molecule has 4 nitrogen and oxygen atoms in total. The van der Waals surface area contributed by atoms with Gasteiger partial charge in [-0.2, -0.15) is 5.26 Å². The minimum atomic E-state index is -0.0208. The van der Waals surface area contributed by atoms with E-state index in [0.29, 0.717) is 18.5 Å². The number of carbonyl (C=O) groups excluding carboxylic acids is 1. The van der Waals surface area contributed by atoms with Crippen LogP contribution < -0.4 is 10.6 Å². The predicted molar refractivity (Wildman–Crippen MR) is 82.5 cm³/mol. The second-order valence-corrected chi connectivity index (χ2v) is 5.85. The molecule has 0 radical (unpaired) electrons. The summed E-state index contributed by atoms with van der Waals surface area (Å²) < 4.78 is 0. The highest BCUT2D eigenvalue weighted by Crippen LogP contribution is 2.30. The fourth-order valence-corrected chi connectivity index (χ4v) is 3.01. The molecule has 0 heterocycles. The van der Waals surface area contributed by atoms with Crippen molar-refractivity contribution in [1.29, 1.82) is 5.26 Å². The average Bonchev–Trinajstić information content (AvgIpc) is 2.54. The van der Waals surface area contributed by atoms with Gasteiger partial charge in [0, 0.05) is 18.5 Å². The lowest BCUT2D eigenvalue weighted by molar-refractivity contribution is -0.123. The molecule has 1 aromatic rings. The second kappa shape index (κ2) is 7.24. The quantitative estimate of drug-likeness (QED) is 0.873. The van der Waals surface area contributed by atoms with E-state index in [4.69, 9.17) is 5.26 Å². The summed E-state index contributed by atoms with van der Waals surface area (Å²) in [4.78, 5) is 12.2. The molecule has 0 spiro atoms. The van der Waals surface area contributed by atoms with Crippen LogP contribution >= 0.6 is 0 Å². The fraction of sp³-hybridized carbons (Fsp3) is 0.529. The topological polar surface area (TPSA) is 64.9 Å². The normalized spacial score (nSPS) is 17.0. The van der Waals surface area contributed by atoms with Crippen molar-refractivity contribution in [1.82, 2.24) is 10.6 Å². The predicted octanol–water partition coefficient (Wildman–Crippen LogP) is 2.49. The van der Waals surface area contributed by atoms with Crippen LogP contribution in [0.1, 0.15) is 49.7 Å². The number of nitriles is 1. The number of carbonyl (C=O) groups is 1. The molecule has 0 aromatic heterocycles. The van der Waals surface area contributed by atoms with Crippen LogP contribution in [0.15, 0.2) is 24.3 Å². The van der Waals surface area contributed by atoms with Crippen molar-refractivity contribution in [2.45, 2.75) is 50.6 Å². The molecule has 1 aromatic carbocycles. The number of nitrogens with one attached hydrogen (secondary N) is 2. The molecule has 1 aliphatic carbocycles. The van der Waals surface area contributed by atoms with Crippen molar-refractivity contribution in [3.05, 3.63) is 35.4 Å². The zero-order valence-electron chi connectivity index (χ0n) is 12.6. The Hall–Kier alpha value is -1.86. The van der Waals surface area contributed by atoms with Gasteiger partial charge < -0.3 is 10.6 Å². The molecule has 21 heavy (non-hydrogen) atoms. The van der Waals surface area contributed by atoms with Crippen LogP contribution in [0.5, 0.6) is 0 Å². The summed E-state index contributed by atoms with van der Waals surface area (Å²) in [6.45, 7) is 0.518. The molecule has 0 saturated heterocycles. The molecule has 0 aliphatic heterocycles. The molecular weight excluding hydrogens is 262 g/mol. The summed E-state index contributed by atoms with van der Waals surface area (Å²) in [6.07, 6.45) is 6.37. The zero-order chi connectivity index (χ0) is 15.1. The number of hydrogen-bond acceptors (Lipinski definition) is 3. The number of hydrogen-bond donors (Lipinski definition) is 2. The van der Waals surface area contributed by atoms with Crippen molar-refractivity contribution in [3.63, 3.8) is 0 Å². The summed E-state index contributed by atoms with van der Waals surface area (Å²) in [5, 5.41) is 15.1. The van der Waals surface area contributed by atoms with Gasteiger partial charge >= 0.3 is 0 Å². The smallest absolute Gasteiger partial charge is 0.222 e. The Morgan fingerprint density at radius 1 is 1.24 bits per heavy atom. The van der Waals surface area contributed by atoms with Crippen LogP contribution in [-0.4, -0.2) is 18.5 Å². The van der Waals surface area contributed by atoms with Crippen molar-refractivity contribution >= 4 is 5.91 Å². The van der Waals surface area contributed by atoms with Gasteiger partial charge in [-0.05, 0) is 37.6 Å². The monoisotopic (exact) mass is 285 g/mol. The van der Waals surface area contributed by atoms with Crippen molar-refractivity contribution in [2.75, 3.05) is 7.05 Å². The van der Waals surface area contributed by atoms with Crippen LogP contribution in [0.3, 0.4) is 0 Å². The molecule has 1 saturated carbocycles. The van der Waals surface area contributed by atoms with Gasteiger partial charge in [-0.1, -0.05) is 31.4 Å². The molecule has 0 atom stereocenters. The third-order valence-electron chi connectivity index (χ3n) is 4.41. The van der Waals surface area contributed by atoms with Crippen molar-refractivity contribution < 1.29 is 4.79 Å². The Balaban J connectivity index is 1.84. The van der Waals surface area contributed by atoms with Crippen molar-refractivity contribution in [3.8, 4) is 6.07 Å². The van der Waals surface area contributed by atoms with Gasteiger partial charge in [0.05, 0.1) is 11.6 Å². The molecule has 1 aliphatic rings. The Kier molecular flexibility index (Phi) is 5.35. The van der Waals surface area contributed by atoms with Crippen LogP contribution in [0, 0.1) is 11.3 Å².